The quantitative estimate of drug-likeness (QED) is 0.731. The number of hydrogen-bond acceptors (Lipinski definition) is 5. The molecule has 1 fully saturated rings. The maximum Gasteiger partial charge on any atom is 0.410 e. The standard InChI is InChI=1S/C14H27N3O5S/c1-6-23(20,21)17-9-7-16(8-10-17)12(18)11-15(5)13(19)22-14(2,3)4/h6-11H2,1-5H3. The lowest BCUT2D eigenvalue weighted by molar-refractivity contribution is -0.133. The average Bonchev–Trinajstić information content (AvgIpc) is 2.45. The van der Waals surface area contributed by atoms with Gasteiger partial charge in [-0.2, -0.15) is 4.31 Å². The molecule has 134 valence electrons. The van der Waals surface area contributed by atoms with Gasteiger partial charge in [-0.25, -0.2) is 13.2 Å². The van der Waals surface area contributed by atoms with Gasteiger partial charge in [-0.1, -0.05) is 0 Å². The lowest BCUT2D eigenvalue weighted by Crippen LogP contribution is -2.53. The molecule has 2 amide bonds. The first-order chi connectivity index (χ1) is 10.5. The van der Waals surface area contributed by atoms with Crippen LogP contribution < -0.4 is 0 Å². The fourth-order valence-electron chi connectivity index (χ4n) is 2.11. The molecule has 0 radical (unpaired) electrons. The van der Waals surface area contributed by atoms with Crippen LogP contribution in [0.3, 0.4) is 0 Å². The van der Waals surface area contributed by atoms with E-state index in [2.05, 4.69) is 0 Å². The molecule has 1 heterocycles. The molecule has 0 spiro atoms. The molecule has 23 heavy (non-hydrogen) atoms. The monoisotopic (exact) mass is 349 g/mol. The molecule has 0 aliphatic carbocycles. The van der Waals surface area contributed by atoms with Crippen LogP contribution in [0.1, 0.15) is 27.7 Å². The fraction of sp³-hybridized carbons (Fsp3) is 0.857. The Bertz CT molecular complexity index is 533. The van der Waals surface area contributed by atoms with Crippen molar-refractivity contribution in [2.75, 3.05) is 45.5 Å². The molecular formula is C14H27N3O5S. The van der Waals surface area contributed by atoms with E-state index in [1.54, 1.807) is 32.6 Å². The summed E-state index contributed by atoms with van der Waals surface area (Å²) < 4.78 is 30.2. The van der Waals surface area contributed by atoms with Gasteiger partial charge in [0.15, 0.2) is 0 Å². The van der Waals surface area contributed by atoms with Crippen LogP contribution in [0.4, 0.5) is 4.79 Å². The molecule has 1 aliphatic heterocycles. The summed E-state index contributed by atoms with van der Waals surface area (Å²) in [5.74, 6) is -0.158. The van der Waals surface area contributed by atoms with Gasteiger partial charge in [0.25, 0.3) is 0 Å². The predicted octanol–water partition coefficient (Wildman–Crippen LogP) is 0.347. The summed E-state index contributed by atoms with van der Waals surface area (Å²) >= 11 is 0. The van der Waals surface area contributed by atoms with Gasteiger partial charge in [-0.15, -0.1) is 0 Å². The van der Waals surface area contributed by atoms with Crippen LogP contribution in [-0.4, -0.2) is 85.6 Å². The Balaban J connectivity index is 2.50. The van der Waals surface area contributed by atoms with Crippen LogP contribution in [-0.2, 0) is 19.6 Å². The van der Waals surface area contributed by atoms with Gasteiger partial charge < -0.3 is 14.5 Å². The van der Waals surface area contributed by atoms with Gasteiger partial charge in [0.05, 0.1) is 5.75 Å². The van der Waals surface area contributed by atoms with Crippen LogP contribution in [0.15, 0.2) is 0 Å². The van der Waals surface area contributed by atoms with Gasteiger partial charge >= 0.3 is 6.09 Å². The molecule has 1 saturated heterocycles. The van der Waals surface area contributed by atoms with Gasteiger partial charge in [-0.05, 0) is 27.7 Å². The summed E-state index contributed by atoms with van der Waals surface area (Å²) in [6.07, 6.45) is -0.557. The summed E-state index contributed by atoms with van der Waals surface area (Å²) in [5.41, 5.74) is -0.617. The van der Waals surface area contributed by atoms with Gasteiger partial charge in [0, 0.05) is 33.2 Å². The Morgan fingerprint density at radius 3 is 2.09 bits per heavy atom. The Morgan fingerprint density at radius 2 is 1.65 bits per heavy atom. The van der Waals surface area contributed by atoms with Crippen molar-refractivity contribution in [3.63, 3.8) is 0 Å². The Hall–Kier alpha value is -1.35. The van der Waals surface area contributed by atoms with Gasteiger partial charge in [0.1, 0.15) is 12.1 Å². The number of carbonyl (C=O) groups excluding carboxylic acids is 2. The van der Waals surface area contributed by atoms with Crippen molar-refractivity contribution in [1.29, 1.82) is 0 Å². The second kappa shape index (κ2) is 7.48. The fourth-order valence-corrected chi connectivity index (χ4v) is 3.19. The minimum absolute atomic E-state index is 0.0579. The first kappa shape index (κ1) is 19.7. The molecule has 1 aliphatic rings. The minimum Gasteiger partial charge on any atom is -0.444 e. The normalized spacial score (nSPS) is 17.0. The largest absolute Gasteiger partial charge is 0.444 e. The van der Waals surface area contributed by atoms with Crippen LogP contribution in [0, 0.1) is 0 Å². The smallest absolute Gasteiger partial charge is 0.410 e. The highest BCUT2D eigenvalue weighted by atomic mass is 32.2. The van der Waals surface area contributed by atoms with Crippen LogP contribution >= 0.6 is 0 Å². The molecule has 0 unspecified atom stereocenters. The van der Waals surface area contributed by atoms with E-state index in [1.807, 2.05) is 0 Å². The number of piperazine rings is 1. The number of amides is 2. The van der Waals surface area contributed by atoms with Crippen molar-refractivity contribution in [3.05, 3.63) is 0 Å². The summed E-state index contributed by atoms with van der Waals surface area (Å²) in [4.78, 5) is 26.9. The third-order valence-corrected chi connectivity index (χ3v) is 5.31. The average molecular weight is 349 g/mol. The molecule has 8 nitrogen and oxygen atoms in total. The highest BCUT2D eigenvalue weighted by molar-refractivity contribution is 7.89. The maximum absolute atomic E-state index is 12.2. The molecule has 0 bridgehead atoms. The topological polar surface area (TPSA) is 87.2 Å². The number of sulfonamides is 1. The number of likely N-dealkylation sites (N-methyl/N-ethyl adjacent to an activating group) is 1. The van der Waals surface area contributed by atoms with E-state index in [1.165, 1.54) is 16.3 Å². The molecule has 0 atom stereocenters. The van der Waals surface area contributed by atoms with Crippen LogP contribution in [0.25, 0.3) is 0 Å². The molecular weight excluding hydrogens is 322 g/mol. The number of ether oxygens (including phenoxy) is 1. The first-order valence-corrected chi connectivity index (χ1v) is 9.27. The third kappa shape index (κ3) is 5.98. The van der Waals surface area contributed by atoms with Crippen molar-refractivity contribution in [2.24, 2.45) is 0 Å². The van der Waals surface area contributed by atoms with Crippen LogP contribution in [0.2, 0.25) is 0 Å². The second-order valence-corrected chi connectivity index (χ2v) is 8.77. The van der Waals surface area contributed by atoms with E-state index < -0.39 is 21.7 Å². The number of carbonyl (C=O) groups is 2. The molecule has 1 rings (SSSR count). The van der Waals surface area contributed by atoms with Crippen molar-refractivity contribution in [2.45, 2.75) is 33.3 Å². The summed E-state index contributed by atoms with van der Waals surface area (Å²) in [5, 5.41) is 0. The van der Waals surface area contributed by atoms with Crippen molar-refractivity contribution < 1.29 is 22.7 Å². The number of hydrogen-bond donors (Lipinski definition) is 0. The highest BCUT2D eigenvalue weighted by Gasteiger charge is 2.29. The molecule has 0 saturated carbocycles. The van der Waals surface area contributed by atoms with Gasteiger partial charge in [0.2, 0.25) is 15.9 Å². The zero-order valence-corrected chi connectivity index (χ0v) is 15.4. The Labute approximate surface area is 138 Å². The van der Waals surface area contributed by atoms with E-state index in [4.69, 9.17) is 4.74 Å². The van der Waals surface area contributed by atoms with Gasteiger partial charge in [-0.3, -0.25) is 4.79 Å². The lowest BCUT2D eigenvalue weighted by atomic mass is 10.2. The van der Waals surface area contributed by atoms with Crippen molar-refractivity contribution in [3.8, 4) is 0 Å². The zero-order chi connectivity index (χ0) is 17.8. The molecule has 0 aromatic carbocycles. The summed E-state index contributed by atoms with van der Waals surface area (Å²) in [6, 6.07) is 0. The molecule has 9 heteroatoms. The van der Waals surface area contributed by atoms with E-state index in [-0.39, 0.29) is 31.3 Å². The Morgan fingerprint density at radius 1 is 1.13 bits per heavy atom. The molecule has 0 aromatic rings. The van der Waals surface area contributed by atoms with Crippen LogP contribution in [0.5, 0.6) is 0 Å². The molecule has 0 N–H and O–H groups in total. The maximum atomic E-state index is 12.2. The first-order valence-electron chi connectivity index (χ1n) is 7.66. The van der Waals surface area contributed by atoms with Crippen molar-refractivity contribution in [1.82, 2.24) is 14.1 Å². The predicted molar refractivity (Wildman–Crippen MR) is 86.5 cm³/mol. The van der Waals surface area contributed by atoms with Crippen molar-refractivity contribution >= 4 is 22.0 Å². The lowest BCUT2D eigenvalue weighted by Gasteiger charge is -2.34. The third-order valence-electron chi connectivity index (χ3n) is 3.43. The van der Waals surface area contributed by atoms with E-state index >= 15 is 0 Å². The van der Waals surface area contributed by atoms with E-state index in [0.717, 1.165) is 0 Å². The highest BCUT2D eigenvalue weighted by Crippen LogP contribution is 2.11. The number of rotatable bonds is 4. The summed E-state index contributed by atoms with van der Waals surface area (Å²) in [7, 11) is -1.71. The Kier molecular flexibility index (Phi) is 6.41. The summed E-state index contributed by atoms with van der Waals surface area (Å²) in [6.45, 7) is 8.03. The van der Waals surface area contributed by atoms with E-state index in [9.17, 15) is 18.0 Å². The minimum atomic E-state index is -3.22. The number of nitrogens with zero attached hydrogens (tertiary/aromatic N) is 3. The molecule has 0 aromatic heterocycles. The van der Waals surface area contributed by atoms with E-state index in [0.29, 0.717) is 13.1 Å². The second-order valence-electron chi connectivity index (χ2n) is 6.52. The zero-order valence-electron chi connectivity index (χ0n) is 14.5. The SMILES string of the molecule is CCS(=O)(=O)N1CCN(C(=O)CN(C)C(=O)OC(C)(C)C)CC1.